The molecule has 2 aromatic rings. The van der Waals surface area contributed by atoms with E-state index >= 15 is 0 Å². The summed E-state index contributed by atoms with van der Waals surface area (Å²) in [6.07, 6.45) is 0. The predicted molar refractivity (Wildman–Crippen MR) is 81.6 cm³/mol. The summed E-state index contributed by atoms with van der Waals surface area (Å²) in [4.78, 5) is 14.0. The summed E-state index contributed by atoms with van der Waals surface area (Å²) in [5, 5.41) is 0.432. The molecule has 0 saturated carbocycles. The first-order valence-electron chi connectivity index (χ1n) is 6.00. The maximum atomic E-state index is 12.4. The van der Waals surface area contributed by atoms with Gasteiger partial charge >= 0.3 is 0 Å². The third kappa shape index (κ3) is 2.70. The fourth-order valence-corrected chi connectivity index (χ4v) is 2.00. The smallest absolute Gasteiger partial charge is 0.258 e. The van der Waals surface area contributed by atoms with E-state index in [9.17, 15) is 4.79 Å². The zero-order valence-corrected chi connectivity index (χ0v) is 12.0. The highest BCUT2D eigenvalue weighted by atomic mass is 35.5. The number of benzene rings is 2. The highest BCUT2D eigenvalue weighted by molar-refractivity contribution is 6.33. The van der Waals surface area contributed by atoms with Crippen LogP contribution in [0.2, 0.25) is 5.02 Å². The highest BCUT2D eigenvalue weighted by Crippen LogP contribution is 2.28. The number of ether oxygens (including phenoxy) is 1. The Morgan fingerprint density at radius 3 is 2.60 bits per heavy atom. The van der Waals surface area contributed by atoms with Gasteiger partial charge in [0, 0.05) is 12.6 Å². The van der Waals surface area contributed by atoms with E-state index in [2.05, 4.69) is 0 Å². The number of anilines is 2. The molecule has 5 heteroatoms. The molecule has 2 N–H and O–H groups in total. The number of para-hydroxylation sites is 2. The lowest BCUT2D eigenvalue weighted by atomic mass is 10.1. The number of hydrogen-bond acceptors (Lipinski definition) is 3. The van der Waals surface area contributed by atoms with Crippen LogP contribution in [0.5, 0.6) is 5.75 Å². The summed E-state index contributed by atoms with van der Waals surface area (Å²) in [6, 6.07) is 12.1. The minimum absolute atomic E-state index is 0.183. The van der Waals surface area contributed by atoms with Crippen LogP contribution in [-0.4, -0.2) is 20.1 Å². The Labute approximate surface area is 122 Å². The van der Waals surface area contributed by atoms with Gasteiger partial charge in [-0.15, -0.1) is 0 Å². The zero-order chi connectivity index (χ0) is 14.7. The molecular weight excluding hydrogens is 276 g/mol. The van der Waals surface area contributed by atoms with Gasteiger partial charge in [0.15, 0.2) is 0 Å². The SMILES string of the molecule is COc1ccccc1N(C)C(=O)c1ccc(Cl)c(N)c1. The number of hydrogen-bond donors (Lipinski definition) is 1. The first-order chi connectivity index (χ1) is 9.54. The van der Waals surface area contributed by atoms with E-state index in [-0.39, 0.29) is 5.91 Å². The van der Waals surface area contributed by atoms with Gasteiger partial charge in [-0.1, -0.05) is 23.7 Å². The van der Waals surface area contributed by atoms with E-state index in [0.717, 1.165) is 0 Å². The Balaban J connectivity index is 2.34. The zero-order valence-electron chi connectivity index (χ0n) is 11.3. The van der Waals surface area contributed by atoms with Gasteiger partial charge in [0.05, 0.1) is 23.5 Å². The van der Waals surface area contributed by atoms with E-state index in [1.807, 2.05) is 18.2 Å². The molecule has 0 fully saturated rings. The van der Waals surface area contributed by atoms with Gasteiger partial charge < -0.3 is 15.4 Å². The average molecular weight is 291 g/mol. The Hall–Kier alpha value is -2.20. The fourth-order valence-electron chi connectivity index (χ4n) is 1.89. The van der Waals surface area contributed by atoms with Crippen LogP contribution in [0.1, 0.15) is 10.4 Å². The van der Waals surface area contributed by atoms with Crippen LogP contribution in [0.4, 0.5) is 11.4 Å². The van der Waals surface area contributed by atoms with Gasteiger partial charge in [0.25, 0.3) is 5.91 Å². The second kappa shape index (κ2) is 5.84. The molecule has 0 spiro atoms. The summed E-state index contributed by atoms with van der Waals surface area (Å²) < 4.78 is 5.26. The van der Waals surface area contributed by atoms with Gasteiger partial charge in [0.2, 0.25) is 0 Å². The number of carbonyl (C=O) groups is 1. The van der Waals surface area contributed by atoms with Gasteiger partial charge in [-0.3, -0.25) is 4.79 Å². The van der Waals surface area contributed by atoms with Crippen molar-refractivity contribution in [3.05, 3.63) is 53.1 Å². The molecule has 0 radical (unpaired) electrons. The summed E-state index contributed by atoms with van der Waals surface area (Å²) in [5.41, 5.74) is 7.27. The van der Waals surface area contributed by atoms with Crippen molar-refractivity contribution in [3.8, 4) is 5.75 Å². The van der Waals surface area contributed by atoms with Crippen LogP contribution in [0.3, 0.4) is 0 Å². The third-order valence-corrected chi connectivity index (χ3v) is 3.34. The molecule has 0 saturated heterocycles. The average Bonchev–Trinajstić information content (AvgIpc) is 2.48. The van der Waals surface area contributed by atoms with Crippen LogP contribution in [0.15, 0.2) is 42.5 Å². The van der Waals surface area contributed by atoms with E-state index in [4.69, 9.17) is 22.1 Å². The molecule has 0 aliphatic carbocycles. The van der Waals surface area contributed by atoms with E-state index in [1.54, 1.807) is 38.4 Å². The summed E-state index contributed by atoms with van der Waals surface area (Å²) in [6.45, 7) is 0. The van der Waals surface area contributed by atoms with Crippen molar-refractivity contribution < 1.29 is 9.53 Å². The van der Waals surface area contributed by atoms with Gasteiger partial charge in [0.1, 0.15) is 5.75 Å². The lowest BCUT2D eigenvalue weighted by Crippen LogP contribution is -2.26. The molecule has 0 unspecified atom stereocenters. The molecule has 0 atom stereocenters. The minimum atomic E-state index is -0.183. The summed E-state index contributed by atoms with van der Waals surface area (Å²) in [7, 11) is 3.25. The molecule has 0 heterocycles. The molecule has 0 bridgehead atoms. The van der Waals surface area contributed by atoms with Crippen LogP contribution >= 0.6 is 11.6 Å². The van der Waals surface area contributed by atoms with Crippen molar-refractivity contribution in [2.75, 3.05) is 24.8 Å². The fraction of sp³-hybridized carbons (Fsp3) is 0.133. The molecular formula is C15H15ClN2O2. The van der Waals surface area contributed by atoms with Crippen LogP contribution in [-0.2, 0) is 0 Å². The minimum Gasteiger partial charge on any atom is -0.495 e. The first-order valence-corrected chi connectivity index (χ1v) is 6.38. The Kier molecular flexibility index (Phi) is 4.15. The predicted octanol–water partition coefficient (Wildman–Crippen LogP) is 3.21. The Bertz CT molecular complexity index is 644. The quantitative estimate of drug-likeness (QED) is 0.883. The van der Waals surface area contributed by atoms with Gasteiger partial charge in [-0.2, -0.15) is 0 Å². The number of carbonyl (C=O) groups excluding carboxylic acids is 1. The molecule has 1 amide bonds. The molecule has 0 aromatic heterocycles. The summed E-state index contributed by atoms with van der Waals surface area (Å²) >= 11 is 5.86. The monoisotopic (exact) mass is 290 g/mol. The van der Waals surface area contributed by atoms with Crippen LogP contribution in [0.25, 0.3) is 0 Å². The number of nitrogens with two attached hydrogens (primary N) is 1. The normalized spacial score (nSPS) is 10.2. The number of nitrogens with zero attached hydrogens (tertiary/aromatic N) is 1. The number of nitrogen functional groups attached to an aromatic ring is 1. The number of halogens is 1. The van der Waals surface area contributed by atoms with Crippen molar-refractivity contribution >= 4 is 28.9 Å². The number of rotatable bonds is 3. The lowest BCUT2D eigenvalue weighted by molar-refractivity contribution is 0.0992. The van der Waals surface area contributed by atoms with Crippen molar-refractivity contribution in [2.24, 2.45) is 0 Å². The van der Waals surface area contributed by atoms with Crippen molar-refractivity contribution in [3.63, 3.8) is 0 Å². The second-order valence-electron chi connectivity index (χ2n) is 4.27. The molecule has 0 aliphatic rings. The van der Waals surface area contributed by atoms with Crippen LogP contribution < -0.4 is 15.4 Å². The third-order valence-electron chi connectivity index (χ3n) is 2.99. The van der Waals surface area contributed by atoms with Crippen LogP contribution in [0, 0.1) is 0 Å². The first kappa shape index (κ1) is 14.2. The maximum Gasteiger partial charge on any atom is 0.258 e. The second-order valence-corrected chi connectivity index (χ2v) is 4.68. The van der Waals surface area contributed by atoms with Crippen molar-refractivity contribution in [2.45, 2.75) is 0 Å². The molecule has 4 nitrogen and oxygen atoms in total. The van der Waals surface area contributed by atoms with E-state index in [1.165, 1.54) is 4.90 Å². The Morgan fingerprint density at radius 1 is 1.25 bits per heavy atom. The maximum absolute atomic E-state index is 12.4. The lowest BCUT2D eigenvalue weighted by Gasteiger charge is -2.20. The van der Waals surface area contributed by atoms with E-state index in [0.29, 0.717) is 27.7 Å². The number of methoxy groups -OCH3 is 1. The highest BCUT2D eigenvalue weighted by Gasteiger charge is 2.17. The molecule has 0 aliphatic heterocycles. The van der Waals surface area contributed by atoms with Crippen molar-refractivity contribution in [1.29, 1.82) is 0 Å². The molecule has 2 rings (SSSR count). The van der Waals surface area contributed by atoms with Gasteiger partial charge in [-0.25, -0.2) is 0 Å². The molecule has 104 valence electrons. The number of amides is 1. The van der Waals surface area contributed by atoms with Crippen molar-refractivity contribution in [1.82, 2.24) is 0 Å². The van der Waals surface area contributed by atoms with E-state index < -0.39 is 0 Å². The topological polar surface area (TPSA) is 55.6 Å². The molecule has 2 aromatic carbocycles. The molecule has 20 heavy (non-hydrogen) atoms. The standard InChI is InChI=1S/C15H15ClN2O2/c1-18(13-5-3-4-6-14(13)20-2)15(19)10-7-8-11(16)12(17)9-10/h3-9H,17H2,1-2H3. The largest absolute Gasteiger partial charge is 0.495 e. The summed E-state index contributed by atoms with van der Waals surface area (Å²) in [5.74, 6) is 0.447. The Morgan fingerprint density at radius 2 is 1.95 bits per heavy atom. The van der Waals surface area contributed by atoms with Gasteiger partial charge in [-0.05, 0) is 30.3 Å².